The van der Waals surface area contributed by atoms with Gasteiger partial charge in [0.1, 0.15) is 0 Å². The molecule has 0 N–H and O–H groups in total. The summed E-state index contributed by atoms with van der Waals surface area (Å²) in [5.74, 6) is 1.08. The van der Waals surface area contributed by atoms with Crippen LogP contribution in [0.3, 0.4) is 0 Å². The lowest BCUT2D eigenvalue weighted by Gasteiger charge is -2.11. The second-order valence-electron chi connectivity index (χ2n) is 5.31. The van der Waals surface area contributed by atoms with Crippen LogP contribution in [0.25, 0.3) is 6.08 Å². The maximum Gasteiger partial charge on any atom is 0.363 e. The van der Waals surface area contributed by atoms with Crippen LogP contribution in [0.1, 0.15) is 29.2 Å². The van der Waals surface area contributed by atoms with E-state index in [-0.39, 0.29) is 5.90 Å². The lowest BCUT2D eigenvalue weighted by Crippen LogP contribution is -2.06. The van der Waals surface area contributed by atoms with Crippen LogP contribution in [-0.2, 0) is 9.53 Å². The molecule has 2 aromatic rings. The van der Waals surface area contributed by atoms with Gasteiger partial charge in [-0.1, -0.05) is 0 Å². The molecule has 0 atom stereocenters. The van der Waals surface area contributed by atoms with Gasteiger partial charge in [-0.15, -0.1) is 11.3 Å². The largest absolute Gasteiger partial charge is 0.490 e. The van der Waals surface area contributed by atoms with Crippen LogP contribution >= 0.6 is 11.3 Å². The molecular formula is C19H19NO4S. The molecule has 0 radical (unpaired) electrons. The van der Waals surface area contributed by atoms with Crippen molar-refractivity contribution in [2.75, 3.05) is 13.2 Å². The van der Waals surface area contributed by atoms with E-state index in [1.165, 1.54) is 4.88 Å². The van der Waals surface area contributed by atoms with E-state index in [9.17, 15) is 4.79 Å². The number of carbonyl (C=O) groups excluding carboxylic acids is 1. The Hall–Kier alpha value is -2.60. The highest BCUT2D eigenvalue weighted by atomic mass is 32.1. The van der Waals surface area contributed by atoms with Crippen LogP contribution in [-0.4, -0.2) is 25.1 Å². The monoisotopic (exact) mass is 357 g/mol. The van der Waals surface area contributed by atoms with Crippen molar-refractivity contribution in [1.82, 2.24) is 0 Å². The van der Waals surface area contributed by atoms with Gasteiger partial charge in [-0.2, -0.15) is 0 Å². The van der Waals surface area contributed by atoms with E-state index in [1.807, 2.05) is 32.9 Å². The first-order valence-electron chi connectivity index (χ1n) is 8.09. The third kappa shape index (κ3) is 3.91. The molecule has 2 heterocycles. The zero-order valence-corrected chi connectivity index (χ0v) is 15.2. The molecule has 0 saturated carbocycles. The third-order valence-electron chi connectivity index (χ3n) is 3.45. The summed E-state index contributed by atoms with van der Waals surface area (Å²) in [7, 11) is 0. The van der Waals surface area contributed by atoms with Crippen molar-refractivity contribution >= 4 is 29.3 Å². The second-order valence-corrected chi connectivity index (χ2v) is 6.63. The number of hydrogen-bond donors (Lipinski definition) is 0. The van der Waals surface area contributed by atoms with Gasteiger partial charge in [0.2, 0.25) is 5.90 Å². The van der Waals surface area contributed by atoms with Crippen molar-refractivity contribution in [2.45, 2.75) is 20.8 Å². The summed E-state index contributed by atoms with van der Waals surface area (Å²) < 4.78 is 16.5. The summed E-state index contributed by atoms with van der Waals surface area (Å²) >= 11 is 1.60. The standard InChI is InChI=1S/C19H19NO4S/c1-4-22-16-9-7-13(10-17(16)23-5-2)18-20-15(19(21)24-18)11-14-8-6-12(3)25-14/h6-11H,4-5H2,1-3H3/b15-11-. The molecule has 0 unspecified atom stereocenters. The van der Waals surface area contributed by atoms with Crippen molar-refractivity contribution < 1.29 is 19.0 Å². The van der Waals surface area contributed by atoms with Crippen LogP contribution in [0.5, 0.6) is 11.5 Å². The first-order chi connectivity index (χ1) is 12.1. The molecule has 5 nitrogen and oxygen atoms in total. The average Bonchev–Trinajstić information content (AvgIpc) is 3.16. The van der Waals surface area contributed by atoms with Gasteiger partial charge in [-0.05, 0) is 57.2 Å². The average molecular weight is 357 g/mol. The number of ether oxygens (including phenoxy) is 3. The smallest absolute Gasteiger partial charge is 0.363 e. The number of benzene rings is 1. The molecule has 130 valence electrons. The number of esters is 1. The number of rotatable bonds is 6. The highest BCUT2D eigenvalue weighted by Gasteiger charge is 2.25. The number of nitrogens with zero attached hydrogens (tertiary/aromatic N) is 1. The van der Waals surface area contributed by atoms with Crippen molar-refractivity contribution in [3.63, 3.8) is 0 Å². The number of aliphatic imine (C=N–C) groups is 1. The van der Waals surface area contributed by atoms with Crippen LogP contribution < -0.4 is 9.47 Å². The first kappa shape index (κ1) is 17.2. The Morgan fingerprint density at radius 1 is 1.12 bits per heavy atom. The summed E-state index contributed by atoms with van der Waals surface area (Å²) in [6.45, 7) is 6.89. The summed E-state index contributed by atoms with van der Waals surface area (Å²) in [6, 6.07) is 9.34. The predicted molar refractivity (Wildman–Crippen MR) is 98.4 cm³/mol. The van der Waals surface area contributed by atoms with Crippen molar-refractivity contribution in [3.05, 3.63) is 51.3 Å². The molecule has 0 saturated heterocycles. The minimum Gasteiger partial charge on any atom is -0.490 e. The third-order valence-corrected chi connectivity index (χ3v) is 4.40. The highest BCUT2D eigenvalue weighted by Crippen LogP contribution is 2.30. The minimum absolute atomic E-state index is 0.272. The quantitative estimate of drug-likeness (QED) is 0.574. The molecule has 0 fully saturated rings. The minimum atomic E-state index is -0.451. The Balaban J connectivity index is 1.91. The molecule has 6 heteroatoms. The van der Waals surface area contributed by atoms with Crippen LogP contribution in [0, 0.1) is 6.92 Å². The van der Waals surface area contributed by atoms with E-state index >= 15 is 0 Å². The fourth-order valence-electron chi connectivity index (χ4n) is 2.38. The second kappa shape index (κ2) is 7.53. The Kier molecular flexibility index (Phi) is 5.19. The molecule has 0 aliphatic carbocycles. The Morgan fingerprint density at radius 2 is 1.88 bits per heavy atom. The Morgan fingerprint density at radius 3 is 2.56 bits per heavy atom. The van der Waals surface area contributed by atoms with Crippen LogP contribution in [0.15, 0.2) is 41.0 Å². The van der Waals surface area contributed by atoms with Crippen molar-refractivity contribution in [2.24, 2.45) is 4.99 Å². The molecule has 1 aliphatic rings. The van der Waals surface area contributed by atoms with Gasteiger partial charge in [0.25, 0.3) is 0 Å². The van der Waals surface area contributed by atoms with Crippen molar-refractivity contribution in [3.8, 4) is 11.5 Å². The van der Waals surface area contributed by atoms with Gasteiger partial charge in [0.15, 0.2) is 17.2 Å². The molecule has 1 aromatic carbocycles. The topological polar surface area (TPSA) is 57.1 Å². The van der Waals surface area contributed by atoms with E-state index in [0.29, 0.717) is 36.0 Å². The normalized spacial score (nSPS) is 15.2. The van der Waals surface area contributed by atoms with Gasteiger partial charge < -0.3 is 14.2 Å². The fraction of sp³-hybridized carbons (Fsp3) is 0.263. The van der Waals surface area contributed by atoms with E-state index in [1.54, 1.807) is 35.6 Å². The summed E-state index contributed by atoms with van der Waals surface area (Å²) in [5, 5.41) is 0. The van der Waals surface area contributed by atoms with Gasteiger partial charge >= 0.3 is 5.97 Å². The zero-order chi connectivity index (χ0) is 17.8. The molecule has 0 amide bonds. The van der Waals surface area contributed by atoms with Gasteiger partial charge in [-0.3, -0.25) is 0 Å². The summed E-state index contributed by atoms with van der Waals surface area (Å²) in [4.78, 5) is 18.6. The first-order valence-corrected chi connectivity index (χ1v) is 8.91. The van der Waals surface area contributed by atoms with Gasteiger partial charge in [0.05, 0.1) is 13.2 Å². The number of carbonyl (C=O) groups is 1. The fourth-order valence-corrected chi connectivity index (χ4v) is 3.20. The maximum atomic E-state index is 12.1. The molecule has 0 bridgehead atoms. The SMILES string of the molecule is CCOc1ccc(C2=N/C(=C\c3ccc(C)s3)C(=O)O2)cc1OCC. The van der Waals surface area contributed by atoms with E-state index < -0.39 is 5.97 Å². The lowest BCUT2D eigenvalue weighted by atomic mass is 10.2. The van der Waals surface area contributed by atoms with Gasteiger partial charge in [-0.25, -0.2) is 9.79 Å². The molecule has 25 heavy (non-hydrogen) atoms. The Bertz CT molecular complexity index is 851. The maximum absolute atomic E-state index is 12.1. The molecular weight excluding hydrogens is 338 g/mol. The molecule has 1 aliphatic heterocycles. The summed E-state index contributed by atoms with van der Waals surface area (Å²) in [6.07, 6.45) is 1.74. The van der Waals surface area contributed by atoms with Crippen LogP contribution in [0.2, 0.25) is 0 Å². The van der Waals surface area contributed by atoms with E-state index in [4.69, 9.17) is 14.2 Å². The number of thiophene rings is 1. The number of cyclic esters (lactones) is 1. The van der Waals surface area contributed by atoms with Crippen molar-refractivity contribution in [1.29, 1.82) is 0 Å². The van der Waals surface area contributed by atoms with E-state index in [2.05, 4.69) is 4.99 Å². The zero-order valence-electron chi connectivity index (χ0n) is 14.4. The molecule has 1 aromatic heterocycles. The number of hydrogen-bond acceptors (Lipinski definition) is 6. The molecule has 3 rings (SSSR count). The lowest BCUT2D eigenvalue weighted by molar-refractivity contribution is -0.129. The molecule has 0 spiro atoms. The van der Waals surface area contributed by atoms with E-state index in [0.717, 1.165) is 4.88 Å². The van der Waals surface area contributed by atoms with Crippen LogP contribution in [0.4, 0.5) is 0 Å². The Labute approximate surface area is 150 Å². The number of aryl methyl sites for hydroxylation is 1. The van der Waals surface area contributed by atoms with Gasteiger partial charge in [0, 0.05) is 15.3 Å². The summed E-state index contributed by atoms with van der Waals surface area (Å²) in [5.41, 5.74) is 0.967. The predicted octanol–water partition coefficient (Wildman–Crippen LogP) is 4.20. The highest BCUT2D eigenvalue weighted by molar-refractivity contribution is 7.12.